The molecule has 6 N–H and O–H groups in total. The topological polar surface area (TPSA) is 175 Å². The highest BCUT2D eigenvalue weighted by Gasteiger charge is 2.47. The highest BCUT2D eigenvalue weighted by Crippen LogP contribution is 2.26. The smallest absolute Gasteiger partial charge is 0.306 e. The third-order valence-electron chi connectivity index (χ3n) is 17.6. The monoisotopic (exact) mass is 1240 g/mol. The number of aliphatic hydroxyl groups excluding tert-OH is 5. The molecule has 8 atom stereocenters. The Labute approximate surface area is 541 Å². The van der Waals surface area contributed by atoms with Crippen LogP contribution in [-0.2, 0) is 23.8 Å². The van der Waals surface area contributed by atoms with E-state index in [1.165, 1.54) is 238 Å². The van der Waals surface area contributed by atoms with E-state index in [2.05, 4.69) is 74.7 Å². The second kappa shape index (κ2) is 64.5. The lowest BCUT2D eigenvalue weighted by Gasteiger charge is -2.41. The van der Waals surface area contributed by atoms with Gasteiger partial charge in [0.1, 0.15) is 24.4 Å². The fourth-order valence-corrected chi connectivity index (χ4v) is 11.7. The number of nitrogens with one attached hydrogen (secondary N) is 1. The van der Waals surface area contributed by atoms with Gasteiger partial charge in [0.05, 0.1) is 25.4 Å². The molecule has 0 aromatic carbocycles. The van der Waals surface area contributed by atoms with E-state index in [0.717, 1.165) is 70.6 Å². The summed E-state index contributed by atoms with van der Waals surface area (Å²) < 4.78 is 17.7. The number of esters is 1. The number of hydrogen-bond donors (Lipinski definition) is 6. The van der Waals surface area contributed by atoms with E-state index in [9.17, 15) is 35.1 Å². The van der Waals surface area contributed by atoms with Gasteiger partial charge in [-0.25, -0.2) is 0 Å². The molecule has 1 rings (SSSR count). The minimum atomic E-state index is -1.62. The van der Waals surface area contributed by atoms with Crippen molar-refractivity contribution in [1.82, 2.24) is 5.32 Å². The summed E-state index contributed by atoms with van der Waals surface area (Å²) >= 11 is 0. The zero-order chi connectivity index (χ0) is 63.9. The third kappa shape index (κ3) is 50.9. The SMILES string of the molecule is CCCCC/C=C\C/C=C\C/C=C\CCCCCCCCCCCCCCCCC(=O)OC1C(OCC(NC(=O)C(O)CCCCCCCCCCCC/C=C/CCCCCCCC)C(O)/C=C/CCCCCCCCCCCC)OC(CO)C(O)C1O. The number of hydrogen-bond acceptors (Lipinski definition) is 10. The van der Waals surface area contributed by atoms with Crippen LogP contribution in [0.3, 0.4) is 0 Å². The number of carbonyl (C=O) groups excluding carboxylic acids is 2. The van der Waals surface area contributed by atoms with E-state index >= 15 is 0 Å². The Morgan fingerprint density at radius 2 is 0.784 bits per heavy atom. The van der Waals surface area contributed by atoms with E-state index in [0.29, 0.717) is 19.3 Å². The first-order chi connectivity index (χ1) is 43.2. The molecule has 11 heteroatoms. The maximum atomic E-state index is 13.5. The molecule has 514 valence electrons. The molecule has 1 aliphatic rings. The number of rotatable bonds is 65. The summed E-state index contributed by atoms with van der Waals surface area (Å²) in [5, 5.41) is 57.3. The minimum absolute atomic E-state index is 0.123. The third-order valence-corrected chi connectivity index (χ3v) is 17.6. The lowest BCUT2D eigenvalue weighted by Crippen LogP contribution is -2.61. The van der Waals surface area contributed by atoms with Crippen molar-refractivity contribution in [3.63, 3.8) is 0 Å². The Kier molecular flexibility index (Phi) is 61.1. The number of allylic oxidation sites excluding steroid dienone is 9. The Hall–Kier alpha value is -2.64. The Morgan fingerprint density at radius 3 is 1.20 bits per heavy atom. The number of unbranched alkanes of at least 4 members (excludes halogenated alkanes) is 43. The lowest BCUT2D eigenvalue weighted by atomic mass is 9.99. The van der Waals surface area contributed by atoms with Gasteiger partial charge in [0.2, 0.25) is 5.91 Å². The van der Waals surface area contributed by atoms with Gasteiger partial charge in [-0.05, 0) is 89.9 Å². The molecule has 88 heavy (non-hydrogen) atoms. The van der Waals surface area contributed by atoms with Gasteiger partial charge in [0.25, 0.3) is 0 Å². The molecule has 1 fully saturated rings. The summed E-state index contributed by atoms with van der Waals surface area (Å²) in [5.74, 6) is -1.18. The zero-order valence-corrected chi connectivity index (χ0v) is 57.4. The number of amides is 1. The molecule has 11 nitrogen and oxygen atoms in total. The molecular weight excluding hydrogens is 1100 g/mol. The molecule has 0 saturated carbocycles. The largest absolute Gasteiger partial charge is 0.454 e. The van der Waals surface area contributed by atoms with Crippen LogP contribution in [0.15, 0.2) is 60.8 Å². The average molecular weight is 1240 g/mol. The van der Waals surface area contributed by atoms with Crippen molar-refractivity contribution < 1.29 is 49.3 Å². The van der Waals surface area contributed by atoms with Crippen LogP contribution in [0.25, 0.3) is 0 Å². The van der Waals surface area contributed by atoms with E-state index in [-0.39, 0.29) is 13.0 Å². The fourth-order valence-electron chi connectivity index (χ4n) is 11.7. The van der Waals surface area contributed by atoms with Crippen molar-refractivity contribution in [2.24, 2.45) is 0 Å². The number of ether oxygens (including phenoxy) is 3. The molecule has 0 radical (unpaired) electrons. The van der Waals surface area contributed by atoms with Gasteiger partial charge in [-0.15, -0.1) is 0 Å². The van der Waals surface area contributed by atoms with Crippen molar-refractivity contribution in [2.45, 2.75) is 404 Å². The maximum Gasteiger partial charge on any atom is 0.306 e. The lowest BCUT2D eigenvalue weighted by molar-refractivity contribution is -0.305. The van der Waals surface area contributed by atoms with E-state index < -0.39 is 67.4 Å². The first kappa shape index (κ1) is 83.4. The van der Waals surface area contributed by atoms with Crippen LogP contribution in [0.4, 0.5) is 0 Å². The molecule has 1 amide bonds. The van der Waals surface area contributed by atoms with Crippen LogP contribution in [0, 0.1) is 0 Å². The number of aliphatic hydroxyl groups is 5. The number of carbonyl (C=O) groups is 2. The second-order valence-corrected chi connectivity index (χ2v) is 26.0. The summed E-state index contributed by atoms with van der Waals surface area (Å²) in [4.78, 5) is 26.7. The van der Waals surface area contributed by atoms with E-state index in [4.69, 9.17) is 14.2 Å². The van der Waals surface area contributed by atoms with Gasteiger partial charge < -0.3 is 45.1 Å². The molecule has 0 aromatic heterocycles. The van der Waals surface area contributed by atoms with Crippen molar-refractivity contribution in [1.29, 1.82) is 0 Å². The standard InChI is InChI=1S/C77H141NO10/c1-4-7-10-13-16-19-22-25-27-29-31-33-34-35-36-37-38-39-41-43-45-47-50-53-56-59-62-65-72(82)88-75-74(84)73(83)71(66-79)87-77(75)86-67-68(69(80)63-60-57-54-51-48-24-21-18-15-12-9-6-3)78-76(85)70(81)64-61-58-55-52-49-46-44-42-40-32-30-28-26-23-20-17-14-11-8-5-2/h16,19,25-28,31,33,60,63,68-71,73-75,77,79-81,83-84H,4-15,17-18,20-24,29-30,32,34-59,61-62,64-67H2,1-3H3,(H,78,85)/b19-16-,27-25-,28-26+,33-31-,63-60+. The molecule has 1 saturated heterocycles. The molecule has 1 heterocycles. The quantitative estimate of drug-likeness (QED) is 0.0195. The Morgan fingerprint density at radius 1 is 0.443 bits per heavy atom. The molecule has 0 aromatic rings. The molecular formula is C77H141NO10. The van der Waals surface area contributed by atoms with Gasteiger partial charge in [-0.1, -0.05) is 319 Å². The van der Waals surface area contributed by atoms with Crippen LogP contribution in [0.1, 0.15) is 355 Å². The zero-order valence-electron chi connectivity index (χ0n) is 57.4. The van der Waals surface area contributed by atoms with Crippen molar-refractivity contribution in [3.8, 4) is 0 Å². The van der Waals surface area contributed by atoms with Gasteiger partial charge in [0.15, 0.2) is 12.4 Å². The normalized spacial score (nSPS) is 18.5. The Bertz CT molecular complexity index is 1670. The first-order valence-corrected chi connectivity index (χ1v) is 37.6. The summed E-state index contributed by atoms with van der Waals surface area (Å²) in [6.45, 7) is 5.81. The van der Waals surface area contributed by atoms with Gasteiger partial charge in [-0.3, -0.25) is 9.59 Å². The van der Waals surface area contributed by atoms with Crippen molar-refractivity contribution >= 4 is 11.9 Å². The highest BCUT2D eigenvalue weighted by molar-refractivity contribution is 5.80. The molecule has 1 aliphatic heterocycles. The van der Waals surface area contributed by atoms with Crippen molar-refractivity contribution in [2.75, 3.05) is 13.2 Å². The van der Waals surface area contributed by atoms with Gasteiger partial charge in [0, 0.05) is 6.42 Å². The predicted molar refractivity (Wildman–Crippen MR) is 370 cm³/mol. The summed E-state index contributed by atoms with van der Waals surface area (Å²) in [7, 11) is 0. The maximum absolute atomic E-state index is 13.5. The molecule has 0 spiro atoms. The van der Waals surface area contributed by atoms with Crippen LogP contribution in [0.5, 0.6) is 0 Å². The van der Waals surface area contributed by atoms with Crippen molar-refractivity contribution in [3.05, 3.63) is 60.8 Å². The summed E-state index contributed by atoms with van der Waals surface area (Å²) in [5.41, 5.74) is 0. The van der Waals surface area contributed by atoms with Gasteiger partial charge >= 0.3 is 5.97 Å². The van der Waals surface area contributed by atoms with Gasteiger partial charge in [-0.2, -0.15) is 0 Å². The molecule has 8 unspecified atom stereocenters. The summed E-state index contributed by atoms with van der Waals surface area (Å²) in [6, 6.07) is -1.02. The highest BCUT2D eigenvalue weighted by atomic mass is 16.7. The van der Waals surface area contributed by atoms with Crippen LogP contribution in [-0.4, -0.2) is 99.6 Å². The fraction of sp³-hybridized carbons (Fsp3) is 0.844. The van der Waals surface area contributed by atoms with Crippen LogP contribution < -0.4 is 5.32 Å². The molecule has 0 aliphatic carbocycles. The minimum Gasteiger partial charge on any atom is -0.454 e. The average Bonchev–Trinajstić information content (AvgIpc) is 1.29. The first-order valence-electron chi connectivity index (χ1n) is 37.6. The van der Waals surface area contributed by atoms with E-state index in [1.54, 1.807) is 6.08 Å². The predicted octanol–water partition coefficient (Wildman–Crippen LogP) is 19.7. The summed E-state index contributed by atoms with van der Waals surface area (Å²) in [6.07, 6.45) is 72.6. The second-order valence-electron chi connectivity index (χ2n) is 26.0. The Balaban J connectivity index is 2.52. The van der Waals surface area contributed by atoms with Crippen LogP contribution >= 0.6 is 0 Å². The van der Waals surface area contributed by atoms with E-state index in [1.807, 2.05) is 6.08 Å². The molecule has 0 bridgehead atoms. The van der Waals surface area contributed by atoms with Crippen LogP contribution in [0.2, 0.25) is 0 Å².